The van der Waals surface area contributed by atoms with Crippen molar-refractivity contribution < 1.29 is 9.66 Å². The van der Waals surface area contributed by atoms with Crippen LogP contribution < -0.4 is 4.74 Å². The van der Waals surface area contributed by atoms with Crippen molar-refractivity contribution in [3.05, 3.63) is 48.6 Å². The first kappa shape index (κ1) is 16.0. The summed E-state index contributed by atoms with van der Waals surface area (Å²) >= 11 is 6.71. The average Bonchev–Trinajstić information content (AvgIpc) is 2.72. The third-order valence-corrected chi connectivity index (χ3v) is 4.39. The predicted octanol–water partition coefficient (Wildman–Crippen LogP) is 3.99. The van der Waals surface area contributed by atoms with Gasteiger partial charge in [-0.2, -0.15) is 5.10 Å². The maximum absolute atomic E-state index is 11.0. The largest absolute Gasteiger partial charge is 0.480 e. The van der Waals surface area contributed by atoms with E-state index < -0.39 is 4.92 Å². The molecule has 1 aromatic heterocycles. The predicted molar refractivity (Wildman–Crippen MR) is 85.4 cm³/mol. The average molecular weight is 419 g/mol. The van der Waals surface area contributed by atoms with Crippen LogP contribution in [0.1, 0.15) is 18.3 Å². The molecule has 0 N–H and O–H groups in total. The highest BCUT2D eigenvalue weighted by Gasteiger charge is 2.18. The minimum Gasteiger partial charge on any atom is -0.480 e. The van der Waals surface area contributed by atoms with E-state index in [4.69, 9.17) is 4.74 Å². The number of ether oxygens (including phenoxy) is 1. The van der Waals surface area contributed by atoms with Crippen molar-refractivity contribution >= 4 is 37.5 Å². The highest BCUT2D eigenvalue weighted by Crippen LogP contribution is 2.31. The number of rotatable bonds is 5. The molecule has 0 aliphatic rings. The van der Waals surface area contributed by atoms with Crippen molar-refractivity contribution in [2.45, 2.75) is 20.0 Å². The summed E-state index contributed by atoms with van der Waals surface area (Å²) in [7, 11) is 1.82. The molecule has 0 atom stereocenters. The van der Waals surface area contributed by atoms with Gasteiger partial charge in [-0.15, -0.1) is 0 Å². The van der Waals surface area contributed by atoms with Crippen molar-refractivity contribution in [3.8, 4) is 5.75 Å². The molecule has 0 saturated heterocycles. The van der Waals surface area contributed by atoms with Gasteiger partial charge in [0.25, 0.3) is 0 Å². The number of nitro groups is 1. The summed E-state index contributed by atoms with van der Waals surface area (Å²) in [5, 5.41) is 15.4. The third-order valence-electron chi connectivity index (χ3n) is 2.99. The number of aromatic nitrogens is 2. The Kier molecular flexibility index (Phi) is 5.00. The molecule has 0 saturated carbocycles. The zero-order valence-corrected chi connectivity index (χ0v) is 14.6. The van der Waals surface area contributed by atoms with Crippen LogP contribution in [0.25, 0.3) is 0 Å². The van der Waals surface area contributed by atoms with E-state index in [-0.39, 0.29) is 18.0 Å². The first-order valence-electron chi connectivity index (χ1n) is 6.21. The van der Waals surface area contributed by atoms with Crippen LogP contribution >= 0.6 is 31.9 Å². The van der Waals surface area contributed by atoms with Crippen LogP contribution in [-0.2, 0) is 20.1 Å². The summed E-state index contributed by atoms with van der Waals surface area (Å²) in [6, 6.07) is 4.70. The highest BCUT2D eigenvalue weighted by molar-refractivity contribution is 9.10. The van der Waals surface area contributed by atoms with E-state index in [1.807, 2.05) is 14.0 Å². The number of hydrogen-bond donors (Lipinski definition) is 0. The number of nitrogens with zero attached hydrogens (tertiary/aromatic N) is 3. The molecular weight excluding hydrogens is 406 g/mol. The maximum atomic E-state index is 11.0. The van der Waals surface area contributed by atoms with Crippen molar-refractivity contribution in [2.75, 3.05) is 0 Å². The van der Waals surface area contributed by atoms with Gasteiger partial charge in [-0.25, -0.2) is 0 Å². The Balaban J connectivity index is 2.25. The molecule has 0 radical (unpaired) electrons. The zero-order valence-electron chi connectivity index (χ0n) is 11.5. The van der Waals surface area contributed by atoms with Crippen molar-refractivity contribution in [1.82, 2.24) is 9.78 Å². The van der Waals surface area contributed by atoms with E-state index in [1.54, 1.807) is 16.8 Å². The first-order valence-corrected chi connectivity index (χ1v) is 7.79. The number of benzene rings is 1. The van der Waals surface area contributed by atoms with Crippen LogP contribution in [0.3, 0.4) is 0 Å². The van der Waals surface area contributed by atoms with Gasteiger partial charge in [-0.1, -0.05) is 22.9 Å². The fourth-order valence-corrected chi connectivity index (χ4v) is 2.96. The molecule has 0 bridgehead atoms. The number of halogens is 2. The smallest absolute Gasteiger partial charge is 0.312 e. The van der Waals surface area contributed by atoms with Crippen molar-refractivity contribution in [1.29, 1.82) is 0 Å². The second kappa shape index (κ2) is 6.57. The molecule has 6 nitrogen and oxygen atoms in total. The normalized spacial score (nSPS) is 10.7. The van der Waals surface area contributed by atoms with Gasteiger partial charge in [0.1, 0.15) is 6.61 Å². The second-order valence-electron chi connectivity index (χ2n) is 4.34. The Morgan fingerprint density at radius 3 is 2.71 bits per heavy atom. The fraction of sp³-hybridized carbons (Fsp3) is 0.308. The minimum absolute atomic E-state index is 0.0709. The van der Waals surface area contributed by atoms with Crippen molar-refractivity contribution in [3.63, 3.8) is 0 Å². The summed E-state index contributed by atoms with van der Waals surface area (Å²) < 4.78 is 8.84. The number of aryl methyl sites for hydroxylation is 2. The van der Waals surface area contributed by atoms with Gasteiger partial charge in [0.05, 0.1) is 20.8 Å². The lowest BCUT2D eigenvalue weighted by Crippen LogP contribution is -2.05. The third kappa shape index (κ3) is 3.44. The molecule has 2 aromatic rings. The van der Waals surface area contributed by atoms with Crippen LogP contribution in [-0.4, -0.2) is 14.7 Å². The van der Waals surface area contributed by atoms with E-state index in [9.17, 15) is 10.1 Å². The van der Waals surface area contributed by atoms with E-state index in [2.05, 4.69) is 37.0 Å². The molecule has 2 rings (SSSR count). The summed E-state index contributed by atoms with van der Waals surface area (Å²) in [4.78, 5) is 10.6. The van der Waals surface area contributed by atoms with Gasteiger partial charge in [-0.3, -0.25) is 14.8 Å². The topological polar surface area (TPSA) is 70.2 Å². The molecule has 0 aliphatic heterocycles. The van der Waals surface area contributed by atoms with Crippen LogP contribution in [0.4, 0.5) is 5.69 Å². The van der Waals surface area contributed by atoms with E-state index in [0.29, 0.717) is 4.47 Å². The van der Waals surface area contributed by atoms with Gasteiger partial charge in [0.2, 0.25) is 0 Å². The molecule has 0 aliphatic carbocycles. The second-order valence-corrected chi connectivity index (χ2v) is 6.05. The molecular formula is C13H13Br2N3O3. The summed E-state index contributed by atoms with van der Waals surface area (Å²) in [6.07, 6.45) is 0.798. The van der Waals surface area contributed by atoms with E-state index in [0.717, 1.165) is 22.3 Å². The lowest BCUT2D eigenvalue weighted by Gasteiger charge is -2.08. The molecule has 8 heteroatoms. The minimum atomic E-state index is -0.462. The Morgan fingerprint density at radius 2 is 2.14 bits per heavy atom. The molecule has 112 valence electrons. The van der Waals surface area contributed by atoms with E-state index >= 15 is 0 Å². The highest BCUT2D eigenvalue weighted by atomic mass is 79.9. The van der Waals surface area contributed by atoms with Crippen LogP contribution in [0.2, 0.25) is 0 Å². The summed E-state index contributed by atoms with van der Waals surface area (Å²) in [6.45, 7) is 2.21. The molecule has 1 heterocycles. The molecule has 0 spiro atoms. The van der Waals surface area contributed by atoms with Gasteiger partial charge < -0.3 is 4.74 Å². The SMILES string of the molecule is CCc1nn(C)c(COc2ccc(Br)cc2[N+](=O)[O-])c1Br. The lowest BCUT2D eigenvalue weighted by molar-refractivity contribution is -0.386. The molecule has 21 heavy (non-hydrogen) atoms. The van der Waals surface area contributed by atoms with Gasteiger partial charge in [0, 0.05) is 17.6 Å². The van der Waals surface area contributed by atoms with Gasteiger partial charge in [0.15, 0.2) is 5.75 Å². The molecule has 1 aromatic carbocycles. The van der Waals surface area contributed by atoms with Crippen LogP contribution in [0.15, 0.2) is 27.1 Å². The monoisotopic (exact) mass is 417 g/mol. The fourth-order valence-electron chi connectivity index (χ4n) is 1.88. The van der Waals surface area contributed by atoms with E-state index in [1.165, 1.54) is 6.07 Å². The maximum Gasteiger partial charge on any atom is 0.312 e. The Labute approximate surface area is 138 Å². The van der Waals surface area contributed by atoms with Gasteiger partial charge in [-0.05, 0) is 34.5 Å². The molecule has 0 fully saturated rings. The number of hydrogen-bond acceptors (Lipinski definition) is 4. The number of nitro benzene ring substituents is 1. The van der Waals surface area contributed by atoms with Gasteiger partial charge >= 0.3 is 5.69 Å². The lowest BCUT2D eigenvalue weighted by atomic mass is 10.3. The summed E-state index contributed by atoms with van der Waals surface area (Å²) in [5.74, 6) is 0.231. The van der Waals surface area contributed by atoms with Crippen LogP contribution in [0, 0.1) is 10.1 Å². The Morgan fingerprint density at radius 1 is 1.43 bits per heavy atom. The van der Waals surface area contributed by atoms with Crippen molar-refractivity contribution in [2.24, 2.45) is 7.05 Å². The summed E-state index contributed by atoms with van der Waals surface area (Å²) in [5.41, 5.74) is 1.70. The molecule has 0 amide bonds. The quantitative estimate of drug-likeness (QED) is 0.543. The standard InChI is InChI=1S/C13H13Br2N3O3/c1-3-9-13(15)11(17(2)16-9)7-21-12-5-4-8(14)6-10(12)18(19)20/h4-6H,3,7H2,1-2H3. The first-order chi connectivity index (χ1) is 9.93. The zero-order chi connectivity index (χ0) is 15.6. The Hall–Kier alpha value is -1.41. The Bertz CT molecular complexity index is 686. The van der Waals surface area contributed by atoms with Crippen LogP contribution in [0.5, 0.6) is 5.75 Å². The molecule has 0 unspecified atom stereocenters.